The highest BCUT2D eigenvalue weighted by molar-refractivity contribution is 5.85. The van der Waals surface area contributed by atoms with E-state index in [2.05, 4.69) is 6.92 Å². The molecule has 0 aliphatic rings. The number of aliphatic carboxylic acids is 1. The Kier molecular flexibility index (Phi) is 13.3. The lowest BCUT2D eigenvalue weighted by Crippen LogP contribution is -2.27. The van der Waals surface area contributed by atoms with Crippen LogP contribution in [0.25, 0.3) is 0 Å². The van der Waals surface area contributed by atoms with Crippen LogP contribution in [0.2, 0.25) is 0 Å². The Morgan fingerprint density at radius 1 is 0.957 bits per heavy atom. The van der Waals surface area contributed by atoms with E-state index in [0.717, 1.165) is 19.3 Å². The van der Waals surface area contributed by atoms with Gasteiger partial charge in [-0.25, -0.2) is 4.79 Å². The van der Waals surface area contributed by atoms with Gasteiger partial charge >= 0.3 is 11.9 Å². The Morgan fingerprint density at radius 3 is 2.04 bits per heavy atom. The fourth-order valence-corrected chi connectivity index (χ4v) is 2.26. The van der Waals surface area contributed by atoms with Crippen molar-refractivity contribution in [2.24, 2.45) is 5.73 Å². The SMILES string of the molecule is CCCCCCCCCCC(OC(=O)CCC(=O)CN)C(=O)O. The molecule has 134 valence electrons. The number of unbranched alkanes of at least 4 members (excludes halogenated alkanes) is 7. The highest BCUT2D eigenvalue weighted by Gasteiger charge is 2.21. The Labute approximate surface area is 138 Å². The van der Waals surface area contributed by atoms with E-state index in [-0.39, 0.29) is 25.2 Å². The van der Waals surface area contributed by atoms with E-state index >= 15 is 0 Å². The minimum absolute atomic E-state index is 0.000563. The van der Waals surface area contributed by atoms with Gasteiger partial charge in [0, 0.05) is 6.42 Å². The summed E-state index contributed by atoms with van der Waals surface area (Å²) in [6, 6.07) is 0. The number of rotatable bonds is 15. The van der Waals surface area contributed by atoms with Crippen molar-refractivity contribution in [2.45, 2.75) is 83.7 Å². The zero-order valence-corrected chi connectivity index (χ0v) is 14.2. The highest BCUT2D eigenvalue weighted by atomic mass is 16.6. The number of hydrogen-bond donors (Lipinski definition) is 2. The van der Waals surface area contributed by atoms with Crippen LogP contribution in [0, 0.1) is 0 Å². The lowest BCUT2D eigenvalue weighted by atomic mass is 10.1. The molecule has 1 atom stereocenters. The van der Waals surface area contributed by atoms with E-state index in [1.165, 1.54) is 32.1 Å². The lowest BCUT2D eigenvalue weighted by molar-refractivity contribution is -0.164. The number of carbonyl (C=O) groups is 3. The fraction of sp³-hybridized carbons (Fsp3) is 0.824. The average Bonchev–Trinajstić information content (AvgIpc) is 2.53. The number of hydrogen-bond acceptors (Lipinski definition) is 5. The van der Waals surface area contributed by atoms with Crippen molar-refractivity contribution in [1.29, 1.82) is 0 Å². The van der Waals surface area contributed by atoms with Gasteiger partial charge in [-0.2, -0.15) is 0 Å². The molecule has 0 aromatic heterocycles. The number of esters is 1. The molecule has 0 radical (unpaired) electrons. The monoisotopic (exact) mass is 329 g/mol. The summed E-state index contributed by atoms with van der Waals surface area (Å²) >= 11 is 0. The maximum Gasteiger partial charge on any atom is 0.345 e. The first kappa shape index (κ1) is 21.6. The Morgan fingerprint density at radius 2 is 1.52 bits per heavy atom. The molecule has 0 amide bonds. The predicted octanol–water partition coefficient (Wildman–Crippen LogP) is 2.82. The van der Waals surface area contributed by atoms with Gasteiger partial charge in [0.15, 0.2) is 6.10 Å². The number of nitrogens with two attached hydrogens (primary N) is 1. The maximum absolute atomic E-state index is 11.5. The summed E-state index contributed by atoms with van der Waals surface area (Å²) in [7, 11) is 0. The van der Waals surface area contributed by atoms with Crippen LogP contribution in [0.15, 0.2) is 0 Å². The molecule has 0 spiro atoms. The molecule has 0 saturated carbocycles. The zero-order chi connectivity index (χ0) is 17.5. The molecule has 0 rings (SSSR count). The Hall–Kier alpha value is -1.43. The van der Waals surface area contributed by atoms with Gasteiger partial charge in [-0.15, -0.1) is 0 Å². The zero-order valence-electron chi connectivity index (χ0n) is 14.2. The van der Waals surface area contributed by atoms with Gasteiger partial charge in [0.1, 0.15) is 5.78 Å². The van der Waals surface area contributed by atoms with Crippen LogP contribution in [0.1, 0.15) is 77.6 Å². The van der Waals surface area contributed by atoms with Crippen LogP contribution in [-0.4, -0.2) is 35.5 Å². The van der Waals surface area contributed by atoms with Crippen LogP contribution in [0.4, 0.5) is 0 Å². The predicted molar refractivity (Wildman–Crippen MR) is 88.0 cm³/mol. The minimum atomic E-state index is -1.13. The van der Waals surface area contributed by atoms with E-state index < -0.39 is 18.0 Å². The van der Waals surface area contributed by atoms with Crippen LogP contribution in [0.5, 0.6) is 0 Å². The normalized spacial score (nSPS) is 11.9. The number of ether oxygens (including phenoxy) is 1. The van der Waals surface area contributed by atoms with Gasteiger partial charge in [0.25, 0.3) is 0 Å². The molecule has 6 nitrogen and oxygen atoms in total. The molecule has 0 aromatic rings. The van der Waals surface area contributed by atoms with E-state index in [0.29, 0.717) is 6.42 Å². The smallest absolute Gasteiger partial charge is 0.345 e. The first-order chi connectivity index (χ1) is 11.0. The third kappa shape index (κ3) is 12.8. The second-order valence-electron chi connectivity index (χ2n) is 5.82. The van der Waals surface area contributed by atoms with Gasteiger partial charge in [-0.05, 0) is 12.8 Å². The van der Waals surface area contributed by atoms with Gasteiger partial charge in [0.05, 0.1) is 13.0 Å². The van der Waals surface area contributed by atoms with Crippen molar-refractivity contribution in [3.05, 3.63) is 0 Å². The number of carboxylic acid groups (broad SMARTS) is 1. The molecule has 0 aromatic carbocycles. The summed E-state index contributed by atoms with van der Waals surface area (Å²) in [4.78, 5) is 33.7. The Bertz CT molecular complexity index is 357. The molecule has 0 aliphatic heterocycles. The van der Waals surface area contributed by atoms with E-state index in [1.54, 1.807) is 0 Å². The first-order valence-electron chi connectivity index (χ1n) is 8.65. The lowest BCUT2D eigenvalue weighted by Gasteiger charge is -2.13. The summed E-state index contributed by atoms with van der Waals surface area (Å²) in [6.45, 7) is 2.06. The molecule has 0 saturated heterocycles. The standard InChI is InChI=1S/C17H31NO5/c1-2-3-4-5-6-7-8-9-10-15(17(21)22)23-16(20)12-11-14(19)13-18/h15H,2-13,18H2,1H3,(H,21,22). The van der Waals surface area contributed by atoms with Crippen molar-refractivity contribution in [3.63, 3.8) is 0 Å². The second-order valence-corrected chi connectivity index (χ2v) is 5.82. The minimum Gasteiger partial charge on any atom is -0.479 e. The van der Waals surface area contributed by atoms with Crippen LogP contribution < -0.4 is 5.73 Å². The quantitative estimate of drug-likeness (QED) is 0.353. The topological polar surface area (TPSA) is 107 Å². The summed E-state index contributed by atoms with van der Waals surface area (Å²) in [6.07, 6.45) is 7.97. The molecule has 0 bridgehead atoms. The van der Waals surface area contributed by atoms with Crippen molar-refractivity contribution in [3.8, 4) is 0 Å². The van der Waals surface area contributed by atoms with Crippen LogP contribution in [-0.2, 0) is 19.1 Å². The molecule has 1 unspecified atom stereocenters. The van der Waals surface area contributed by atoms with Crippen LogP contribution >= 0.6 is 0 Å². The second kappa shape index (κ2) is 14.2. The molecule has 3 N–H and O–H groups in total. The molecule has 6 heteroatoms. The first-order valence-corrected chi connectivity index (χ1v) is 8.65. The van der Waals surface area contributed by atoms with Crippen molar-refractivity contribution in [2.75, 3.05) is 6.54 Å². The molecular weight excluding hydrogens is 298 g/mol. The van der Waals surface area contributed by atoms with Gasteiger partial charge in [-0.3, -0.25) is 9.59 Å². The summed E-state index contributed by atoms with van der Waals surface area (Å²) in [5, 5.41) is 9.08. The number of carbonyl (C=O) groups excluding carboxylic acids is 2. The summed E-state index contributed by atoms with van der Waals surface area (Å²) < 4.78 is 4.93. The fourth-order valence-electron chi connectivity index (χ4n) is 2.26. The van der Waals surface area contributed by atoms with Gasteiger partial charge in [-0.1, -0.05) is 51.9 Å². The number of carboxylic acids is 1. The van der Waals surface area contributed by atoms with Crippen molar-refractivity contribution >= 4 is 17.7 Å². The third-order valence-electron chi connectivity index (χ3n) is 3.70. The van der Waals surface area contributed by atoms with Crippen molar-refractivity contribution < 1.29 is 24.2 Å². The highest BCUT2D eigenvalue weighted by Crippen LogP contribution is 2.13. The van der Waals surface area contributed by atoms with Crippen molar-refractivity contribution in [1.82, 2.24) is 0 Å². The largest absolute Gasteiger partial charge is 0.479 e. The number of Topliss-reactive ketones (excluding diaryl/α,β-unsaturated/α-hetero) is 1. The molecule has 0 fully saturated rings. The summed E-state index contributed by atoms with van der Waals surface area (Å²) in [5.74, 6) is -2.03. The van der Waals surface area contributed by atoms with E-state index in [4.69, 9.17) is 15.6 Å². The van der Waals surface area contributed by atoms with E-state index in [1.807, 2.05) is 0 Å². The summed E-state index contributed by atoms with van der Waals surface area (Å²) in [5.41, 5.74) is 5.14. The molecule has 23 heavy (non-hydrogen) atoms. The van der Waals surface area contributed by atoms with Gasteiger partial charge in [0.2, 0.25) is 0 Å². The van der Waals surface area contributed by atoms with Gasteiger partial charge < -0.3 is 15.6 Å². The van der Waals surface area contributed by atoms with E-state index in [9.17, 15) is 14.4 Å². The molecule has 0 aliphatic carbocycles. The maximum atomic E-state index is 11.5. The average molecular weight is 329 g/mol. The Balaban J connectivity index is 3.83. The third-order valence-corrected chi connectivity index (χ3v) is 3.70. The number of ketones is 1. The van der Waals surface area contributed by atoms with Crippen LogP contribution in [0.3, 0.4) is 0 Å². The molecule has 0 heterocycles. The molecular formula is C17H31NO5.